The summed E-state index contributed by atoms with van der Waals surface area (Å²) >= 11 is 0. The second-order valence-electron chi connectivity index (χ2n) is 8.32. The summed E-state index contributed by atoms with van der Waals surface area (Å²) in [7, 11) is 0. The van der Waals surface area contributed by atoms with Crippen LogP contribution in [0.25, 0.3) is 11.1 Å². The molecule has 0 heterocycles. The predicted octanol–water partition coefficient (Wildman–Crippen LogP) is 3.78. The zero-order valence-corrected chi connectivity index (χ0v) is 18.6. The Hall–Kier alpha value is -3.35. The van der Waals surface area contributed by atoms with Gasteiger partial charge in [0.25, 0.3) is 0 Å². The monoisotopic (exact) mass is 438 g/mol. The van der Waals surface area contributed by atoms with Crippen LogP contribution in [0.4, 0.5) is 4.79 Å². The topological polar surface area (TPSA) is 105 Å². The van der Waals surface area contributed by atoms with Crippen molar-refractivity contribution in [3.63, 3.8) is 0 Å². The molecule has 0 radical (unpaired) electrons. The second-order valence-corrected chi connectivity index (χ2v) is 8.32. The zero-order chi connectivity index (χ0) is 23.3. The largest absolute Gasteiger partial charge is 0.481 e. The van der Waals surface area contributed by atoms with Crippen molar-refractivity contribution in [3.8, 4) is 11.1 Å². The second kappa shape index (κ2) is 10.3. The molecule has 170 valence electrons. The van der Waals surface area contributed by atoms with E-state index in [4.69, 9.17) is 9.84 Å². The van der Waals surface area contributed by atoms with Crippen LogP contribution in [0, 0.1) is 11.8 Å². The van der Waals surface area contributed by atoms with Crippen molar-refractivity contribution in [2.45, 2.75) is 39.2 Å². The first-order valence-electron chi connectivity index (χ1n) is 11.0. The fraction of sp³-hybridized carbons (Fsp3) is 0.400. The molecule has 0 saturated heterocycles. The molecule has 1 aliphatic rings. The van der Waals surface area contributed by atoms with Crippen molar-refractivity contribution >= 4 is 18.0 Å². The van der Waals surface area contributed by atoms with E-state index in [-0.39, 0.29) is 25.0 Å². The van der Waals surface area contributed by atoms with Crippen LogP contribution >= 0.6 is 0 Å². The summed E-state index contributed by atoms with van der Waals surface area (Å²) in [5.74, 6) is -2.34. The first-order valence-corrected chi connectivity index (χ1v) is 11.0. The summed E-state index contributed by atoms with van der Waals surface area (Å²) in [6.45, 7) is 5.44. The number of rotatable bonds is 9. The van der Waals surface area contributed by atoms with Crippen LogP contribution in [0.15, 0.2) is 48.5 Å². The van der Waals surface area contributed by atoms with Crippen molar-refractivity contribution in [2.75, 3.05) is 13.2 Å². The Labute approximate surface area is 188 Å². The van der Waals surface area contributed by atoms with Crippen molar-refractivity contribution < 1.29 is 24.2 Å². The number of carbonyl (C=O) groups is 3. The fourth-order valence-electron chi connectivity index (χ4n) is 3.92. The van der Waals surface area contributed by atoms with E-state index < -0.39 is 29.9 Å². The van der Waals surface area contributed by atoms with E-state index >= 15 is 0 Å². The van der Waals surface area contributed by atoms with E-state index in [1.807, 2.05) is 50.2 Å². The van der Waals surface area contributed by atoms with Gasteiger partial charge in [-0.1, -0.05) is 75.7 Å². The summed E-state index contributed by atoms with van der Waals surface area (Å²) in [6.07, 6.45) is -0.00504. The van der Waals surface area contributed by atoms with Crippen molar-refractivity contribution in [1.29, 1.82) is 0 Å². The quantitative estimate of drug-likeness (QED) is 0.553. The highest BCUT2D eigenvalue weighted by Gasteiger charge is 2.31. The normalized spacial score (nSPS) is 15.1. The molecule has 3 atom stereocenters. The van der Waals surface area contributed by atoms with Gasteiger partial charge in [-0.25, -0.2) is 4.79 Å². The minimum Gasteiger partial charge on any atom is -0.481 e. The number of carboxylic acid groups (broad SMARTS) is 1. The van der Waals surface area contributed by atoms with Crippen molar-refractivity contribution in [1.82, 2.24) is 10.6 Å². The Kier molecular flexibility index (Phi) is 7.51. The van der Waals surface area contributed by atoms with Crippen molar-refractivity contribution in [2.24, 2.45) is 11.8 Å². The molecule has 7 nitrogen and oxygen atoms in total. The zero-order valence-electron chi connectivity index (χ0n) is 18.6. The fourth-order valence-corrected chi connectivity index (χ4v) is 3.92. The van der Waals surface area contributed by atoms with E-state index in [1.54, 1.807) is 0 Å². The van der Waals surface area contributed by atoms with Gasteiger partial charge in [-0.05, 0) is 28.2 Å². The number of alkyl carbamates (subject to hydrolysis) is 1. The van der Waals surface area contributed by atoms with Gasteiger partial charge in [0.1, 0.15) is 12.6 Å². The van der Waals surface area contributed by atoms with Crippen LogP contribution in [0.3, 0.4) is 0 Å². The molecule has 3 rings (SSSR count). The van der Waals surface area contributed by atoms with Crippen molar-refractivity contribution in [3.05, 3.63) is 59.7 Å². The minimum absolute atomic E-state index is 0.00648. The minimum atomic E-state index is -0.991. The first-order chi connectivity index (χ1) is 15.3. The lowest BCUT2D eigenvalue weighted by Gasteiger charge is -2.24. The molecule has 7 heteroatoms. The maximum atomic E-state index is 12.6. The van der Waals surface area contributed by atoms with Gasteiger partial charge in [0, 0.05) is 12.5 Å². The molecule has 3 N–H and O–H groups in total. The Balaban J connectivity index is 1.64. The van der Waals surface area contributed by atoms with Gasteiger partial charge in [-0.15, -0.1) is 0 Å². The lowest BCUT2D eigenvalue weighted by molar-refractivity contribution is -0.141. The number of amides is 2. The molecule has 0 fully saturated rings. The maximum Gasteiger partial charge on any atom is 0.407 e. The molecule has 0 spiro atoms. The summed E-state index contributed by atoms with van der Waals surface area (Å²) in [4.78, 5) is 36.2. The van der Waals surface area contributed by atoms with Gasteiger partial charge in [0.2, 0.25) is 5.91 Å². The molecule has 1 aliphatic carbocycles. The van der Waals surface area contributed by atoms with E-state index in [0.717, 1.165) is 22.3 Å². The number of nitrogens with one attached hydrogen (secondary N) is 2. The van der Waals surface area contributed by atoms with E-state index in [2.05, 4.69) is 22.8 Å². The Morgan fingerprint density at radius 3 is 2.09 bits per heavy atom. The summed E-state index contributed by atoms with van der Waals surface area (Å²) in [6, 6.07) is 15.3. The lowest BCUT2D eigenvalue weighted by Crippen LogP contribution is -2.51. The molecular weight excluding hydrogens is 408 g/mol. The highest BCUT2D eigenvalue weighted by Crippen LogP contribution is 2.44. The van der Waals surface area contributed by atoms with E-state index in [9.17, 15) is 14.4 Å². The molecule has 2 aromatic rings. The smallest absolute Gasteiger partial charge is 0.407 e. The SMILES string of the molecule is CCC(C)[C@H](NC(=O)OCC1c2ccccc2-c2ccccc21)C(=O)NCC(C)C(=O)O. The summed E-state index contributed by atoms with van der Waals surface area (Å²) in [5, 5.41) is 14.3. The number of carbonyl (C=O) groups excluding carboxylic acids is 2. The molecule has 2 aromatic carbocycles. The van der Waals surface area contributed by atoms with Crippen LogP contribution in [0.1, 0.15) is 44.2 Å². The Morgan fingerprint density at radius 1 is 1.00 bits per heavy atom. The average molecular weight is 439 g/mol. The maximum absolute atomic E-state index is 12.6. The number of hydrogen-bond donors (Lipinski definition) is 3. The van der Waals surface area contributed by atoms with Crippen LogP contribution < -0.4 is 10.6 Å². The number of ether oxygens (including phenoxy) is 1. The number of aliphatic carboxylic acids is 1. The van der Waals surface area contributed by atoms with E-state index in [0.29, 0.717) is 6.42 Å². The molecule has 0 aliphatic heterocycles. The number of benzene rings is 2. The Bertz CT molecular complexity index is 944. The highest BCUT2D eigenvalue weighted by atomic mass is 16.5. The predicted molar refractivity (Wildman–Crippen MR) is 121 cm³/mol. The third-order valence-corrected chi connectivity index (χ3v) is 6.12. The molecule has 2 amide bonds. The van der Waals surface area contributed by atoms with Gasteiger partial charge in [-0.3, -0.25) is 9.59 Å². The molecule has 0 saturated carbocycles. The number of carboxylic acids is 1. The molecule has 2 unspecified atom stereocenters. The van der Waals surface area contributed by atoms with Crippen LogP contribution in [-0.2, 0) is 14.3 Å². The standard InChI is InChI=1S/C25H30N2O5/c1-4-15(2)22(23(28)26-13-16(3)24(29)30)27-25(31)32-14-21-19-11-7-5-9-17(19)18-10-6-8-12-20(18)21/h5-12,15-16,21-22H,4,13-14H2,1-3H3,(H,26,28)(H,27,31)(H,29,30)/t15?,16?,22-/m0/s1. The summed E-state index contributed by atoms with van der Waals surface area (Å²) in [5.41, 5.74) is 4.50. The molecule has 0 bridgehead atoms. The van der Waals surface area contributed by atoms with Gasteiger partial charge >= 0.3 is 12.1 Å². The third-order valence-electron chi connectivity index (χ3n) is 6.12. The molecule has 32 heavy (non-hydrogen) atoms. The average Bonchev–Trinajstić information content (AvgIpc) is 3.12. The van der Waals surface area contributed by atoms with Gasteiger partial charge < -0.3 is 20.5 Å². The first kappa shape index (κ1) is 23.3. The van der Waals surface area contributed by atoms with Gasteiger partial charge in [0.15, 0.2) is 0 Å². The Morgan fingerprint density at radius 2 is 1.56 bits per heavy atom. The van der Waals surface area contributed by atoms with Crippen LogP contribution in [-0.4, -0.2) is 42.3 Å². The van der Waals surface area contributed by atoms with E-state index in [1.165, 1.54) is 6.92 Å². The number of fused-ring (bicyclic) bond motifs is 3. The van der Waals surface area contributed by atoms with Gasteiger partial charge in [-0.2, -0.15) is 0 Å². The summed E-state index contributed by atoms with van der Waals surface area (Å²) < 4.78 is 5.55. The van der Waals surface area contributed by atoms with Crippen LogP contribution in [0.5, 0.6) is 0 Å². The highest BCUT2D eigenvalue weighted by molar-refractivity contribution is 5.86. The molecule has 0 aromatic heterocycles. The lowest BCUT2D eigenvalue weighted by atomic mass is 9.98. The molecular formula is C25H30N2O5. The van der Waals surface area contributed by atoms with Crippen LogP contribution in [0.2, 0.25) is 0 Å². The van der Waals surface area contributed by atoms with Gasteiger partial charge in [0.05, 0.1) is 5.92 Å². The number of hydrogen-bond acceptors (Lipinski definition) is 4. The third kappa shape index (κ3) is 5.10.